The predicted octanol–water partition coefficient (Wildman–Crippen LogP) is 2.77. The van der Waals surface area contributed by atoms with Gasteiger partial charge in [-0.3, -0.25) is 4.79 Å². The van der Waals surface area contributed by atoms with E-state index in [4.69, 9.17) is 9.47 Å². The molecule has 0 aliphatic heterocycles. The summed E-state index contributed by atoms with van der Waals surface area (Å²) in [6.07, 6.45) is -1.69. The topological polar surface area (TPSA) is 114 Å². The lowest BCUT2D eigenvalue weighted by Crippen LogP contribution is -2.49. The van der Waals surface area contributed by atoms with Gasteiger partial charge < -0.3 is 25.2 Å². The Morgan fingerprint density at radius 2 is 1.41 bits per heavy atom. The quantitative estimate of drug-likeness (QED) is 0.460. The number of carbonyl (C=O) groups excluding carboxylic acids is 3. The summed E-state index contributed by atoms with van der Waals surface area (Å²) in [4.78, 5) is 37.3. The minimum atomic E-state index is -1.22. The molecular weight excluding hydrogens is 436 g/mol. The number of benzene rings is 2. The monoisotopic (exact) mass is 470 g/mol. The zero-order valence-corrected chi connectivity index (χ0v) is 20.1. The summed E-state index contributed by atoms with van der Waals surface area (Å²) in [6.45, 7) is 5.22. The molecule has 0 bridgehead atoms. The molecule has 2 rings (SSSR count). The number of alkyl carbamates (subject to hydrolysis) is 1. The van der Waals surface area contributed by atoms with Gasteiger partial charge in [-0.1, -0.05) is 60.7 Å². The van der Waals surface area contributed by atoms with Crippen LogP contribution in [0.15, 0.2) is 60.7 Å². The van der Waals surface area contributed by atoms with Gasteiger partial charge in [-0.15, -0.1) is 0 Å². The molecule has 184 valence electrons. The Morgan fingerprint density at radius 1 is 0.882 bits per heavy atom. The van der Waals surface area contributed by atoms with Crippen molar-refractivity contribution in [2.24, 2.45) is 0 Å². The third kappa shape index (κ3) is 9.62. The number of hydrogen-bond acceptors (Lipinski definition) is 6. The van der Waals surface area contributed by atoms with Crippen molar-refractivity contribution in [2.45, 2.75) is 63.8 Å². The summed E-state index contributed by atoms with van der Waals surface area (Å²) >= 11 is 0. The molecular formula is C26H34N2O6. The van der Waals surface area contributed by atoms with Crippen molar-refractivity contribution in [1.82, 2.24) is 10.6 Å². The lowest BCUT2D eigenvalue weighted by atomic mass is 9.98. The van der Waals surface area contributed by atoms with Crippen LogP contribution >= 0.6 is 0 Å². The van der Waals surface area contributed by atoms with E-state index >= 15 is 0 Å². The molecule has 0 saturated carbocycles. The number of amides is 2. The number of esters is 1. The largest absolute Gasteiger partial charge is 0.467 e. The Bertz CT molecular complexity index is 927. The first kappa shape index (κ1) is 26.9. The summed E-state index contributed by atoms with van der Waals surface area (Å²) in [7, 11) is 1.25. The standard InChI is InChI=1S/C26H34N2O6/c1-26(2,3)34-25(32)28-20(15-18-11-7-5-8-12-18)22(29)17-23(30)27-21(24(31)33-4)16-19-13-9-6-10-14-19/h5-14,20-22,29H,15-17H2,1-4H3,(H,27,30)(H,28,32)/t20-,21?,22-/m0/s1. The number of nitrogens with one attached hydrogen (secondary N) is 2. The van der Waals surface area contributed by atoms with Crippen molar-refractivity contribution in [3.05, 3.63) is 71.8 Å². The lowest BCUT2D eigenvalue weighted by Gasteiger charge is -2.27. The Kier molecular flexibility index (Phi) is 10.1. The molecule has 0 heterocycles. The van der Waals surface area contributed by atoms with Crippen LogP contribution in [0.5, 0.6) is 0 Å². The highest BCUT2D eigenvalue weighted by atomic mass is 16.6. The molecule has 0 saturated heterocycles. The maximum Gasteiger partial charge on any atom is 0.407 e. The zero-order chi connectivity index (χ0) is 25.1. The van der Waals surface area contributed by atoms with Crippen molar-refractivity contribution in [2.75, 3.05) is 7.11 Å². The molecule has 0 aliphatic rings. The SMILES string of the molecule is COC(=O)C(Cc1ccccc1)NC(=O)C[C@H](O)[C@H](Cc1ccccc1)NC(=O)OC(C)(C)C. The van der Waals surface area contributed by atoms with Gasteiger partial charge >= 0.3 is 12.1 Å². The van der Waals surface area contributed by atoms with Gasteiger partial charge in [0.2, 0.25) is 5.91 Å². The molecule has 0 fully saturated rings. The molecule has 34 heavy (non-hydrogen) atoms. The van der Waals surface area contributed by atoms with Crippen molar-refractivity contribution in [3.8, 4) is 0 Å². The molecule has 2 aromatic carbocycles. The molecule has 8 heteroatoms. The second-order valence-electron chi connectivity index (χ2n) is 9.05. The summed E-state index contributed by atoms with van der Waals surface area (Å²) in [5.74, 6) is -1.12. The molecule has 2 aromatic rings. The third-order valence-corrected chi connectivity index (χ3v) is 4.96. The Morgan fingerprint density at radius 3 is 1.91 bits per heavy atom. The highest BCUT2D eigenvalue weighted by molar-refractivity contribution is 5.85. The second-order valence-corrected chi connectivity index (χ2v) is 9.05. The summed E-state index contributed by atoms with van der Waals surface area (Å²) in [6, 6.07) is 16.8. The van der Waals surface area contributed by atoms with E-state index in [0.717, 1.165) is 11.1 Å². The Labute approximate surface area is 200 Å². The van der Waals surface area contributed by atoms with E-state index in [1.807, 2.05) is 60.7 Å². The highest BCUT2D eigenvalue weighted by Crippen LogP contribution is 2.12. The van der Waals surface area contributed by atoms with Crippen LogP contribution in [0.4, 0.5) is 4.79 Å². The van der Waals surface area contributed by atoms with E-state index in [0.29, 0.717) is 6.42 Å². The fourth-order valence-electron chi connectivity index (χ4n) is 3.38. The first-order valence-electron chi connectivity index (χ1n) is 11.2. The van der Waals surface area contributed by atoms with Crippen LogP contribution in [0.3, 0.4) is 0 Å². The average Bonchev–Trinajstić information content (AvgIpc) is 2.77. The molecule has 3 atom stereocenters. The normalized spacial score (nSPS) is 13.8. The minimum absolute atomic E-state index is 0.249. The van der Waals surface area contributed by atoms with E-state index in [-0.39, 0.29) is 12.8 Å². The van der Waals surface area contributed by atoms with Crippen LogP contribution < -0.4 is 10.6 Å². The van der Waals surface area contributed by atoms with Crippen molar-refractivity contribution in [3.63, 3.8) is 0 Å². The van der Waals surface area contributed by atoms with Crippen molar-refractivity contribution in [1.29, 1.82) is 0 Å². The molecule has 0 spiro atoms. The molecule has 8 nitrogen and oxygen atoms in total. The van der Waals surface area contributed by atoms with Gasteiger partial charge in [-0.05, 0) is 38.3 Å². The van der Waals surface area contributed by atoms with E-state index in [2.05, 4.69) is 10.6 Å². The van der Waals surface area contributed by atoms with Crippen molar-refractivity contribution >= 4 is 18.0 Å². The highest BCUT2D eigenvalue weighted by Gasteiger charge is 2.29. The van der Waals surface area contributed by atoms with Gasteiger partial charge in [0.15, 0.2) is 0 Å². The average molecular weight is 471 g/mol. The number of carbonyl (C=O) groups is 3. The predicted molar refractivity (Wildman–Crippen MR) is 128 cm³/mol. The number of ether oxygens (including phenoxy) is 2. The van der Waals surface area contributed by atoms with Crippen LogP contribution in [0.25, 0.3) is 0 Å². The van der Waals surface area contributed by atoms with Gasteiger partial charge in [0.25, 0.3) is 0 Å². The van der Waals surface area contributed by atoms with Gasteiger partial charge in [0.1, 0.15) is 11.6 Å². The van der Waals surface area contributed by atoms with E-state index < -0.39 is 41.8 Å². The summed E-state index contributed by atoms with van der Waals surface area (Å²) < 4.78 is 10.1. The smallest absolute Gasteiger partial charge is 0.407 e. The van der Waals surface area contributed by atoms with Gasteiger partial charge in [0.05, 0.1) is 25.7 Å². The molecule has 3 N–H and O–H groups in total. The second kappa shape index (κ2) is 12.7. The Balaban J connectivity index is 2.08. The molecule has 0 radical (unpaired) electrons. The van der Waals surface area contributed by atoms with Crippen LogP contribution in [0.2, 0.25) is 0 Å². The zero-order valence-electron chi connectivity index (χ0n) is 20.1. The van der Waals surface area contributed by atoms with E-state index in [1.165, 1.54) is 7.11 Å². The minimum Gasteiger partial charge on any atom is -0.467 e. The Hall–Kier alpha value is -3.39. The number of hydrogen-bond donors (Lipinski definition) is 3. The third-order valence-electron chi connectivity index (χ3n) is 4.96. The van der Waals surface area contributed by atoms with Gasteiger partial charge in [-0.25, -0.2) is 9.59 Å². The van der Waals surface area contributed by atoms with E-state index in [9.17, 15) is 19.5 Å². The van der Waals surface area contributed by atoms with Crippen LogP contribution in [-0.4, -0.2) is 54.0 Å². The first-order chi connectivity index (χ1) is 16.1. The number of aliphatic hydroxyl groups excluding tert-OH is 1. The van der Waals surface area contributed by atoms with Gasteiger partial charge in [-0.2, -0.15) is 0 Å². The lowest BCUT2D eigenvalue weighted by molar-refractivity contribution is -0.145. The molecule has 0 aromatic heterocycles. The summed E-state index contributed by atoms with van der Waals surface area (Å²) in [5.41, 5.74) is 1.02. The van der Waals surface area contributed by atoms with Crippen LogP contribution in [0.1, 0.15) is 38.3 Å². The van der Waals surface area contributed by atoms with Crippen molar-refractivity contribution < 1.29 is 29.0 Å². The van der Waals surface area contributed by atoms with Crippen LogP contribution in [-0.2, 0) is 31.9 Å². The molecule has 0 aliphatic carbocycles. The fourth-order valence-corrected chi connectivity index (χ4v) is 3.38. The number of aliphatic hydroxyl groups is 1. The number of rotatable bonds is 10. The maximum atomic E-state index is 12.7. The molecule has 2 amide bonds. The first-order valence-corrected chi connectivity index (χ1v) is 11.2. The maximum absolute atomic E-state index is 12.7. The van der Waals surface area contributed by atoms with Gasteiger partial charge in [0, 0.05) is 6.42 Å². The summed E-state index contributed by atoms with van der Waals surface area (Å²) in [5, 5.41) is 16.2. The number of methoxy groups -OCH3 is 1. The van der Waals surface area contributed by atoms with Crippen LogP contribution in [0, 0.1) is 0 Å². The van der Waals surface area contributed by atoms with E-state index in [1.54, 1.807) is 20.8 Å². The fraction of sp³-hybridized carbons (Fsp3) is 0.423. The molecule has 1 unspecified atom stereocenters.